The highest BCUT2D eigenvalue weighted by molar-refractivity contribution is 7.27. The molecule has 1 aromatic rings. The van der Waals surface area contributed by atoms with Crippen molar-refractivity contribution < 1.29 is 0 Å². The van der Waals surface area contributed by atoms with Crippen LogP contribution in [0.15, 0.2) is 12.3 Å². The van der Waals surface area contributed by atoms with Gasteiger partial charge in [0.05, 0.1) is 5.69 Å². The molecule has 11 heavy (non-hydrogen) atoms. The smallest absolute Gasteiger partial charge is 0.0500 e. The van der Waals surface area contributed by atoms with Crippen molar-refractivity contribution in [3.63, 3.8) is 0 Å². The van der Waals surface area contributed by atoms with E-state index in [-0.39, 0.29) is 0 Å². The van der Waals surface area contributed by atoms with Gasteiger partial charge in [0.25, 0.3) is 0 Å². The van der Waals surface area contributed by atoms with E-state index in [4.69, 9.17) is 0 Å². The second-order valence-corrected chi connectivity index (χ2v) is 3.76. The van der Waals surface area contributed by atoms with E-state index in [1.807, 2.05) is 6.20 Å². The number of nitrogens with zero attached hydrogens (tertiary/aromatic N) is 1. The first-order valence-electron chi connectivity index (χ1n) is 3.83. The SMILES string of the molecule is Cc1cnc(C(C)C)c(P)c1. The van der Waals surface area contributed by atoms with E-state index in [2.05, 4.69) is 41.1 Å². The first-order chi connectivity index (χ1) is 5.11. The summed E-state index contributed by atoms with van der Waals surface area (Å²) in [6.07, 6.45) is 1.92. The molecule has 0 fully saturated rings. The van der Waals surface area contributed by atoms with Crippen molar-refractivity contribution in [1.29, 1.82) is 0 Å². The van der Waals surface area contributed by atoms with Crippen molar-refractivity contribution in [2.45, 2.75) is 26.7 Å². The lowest BCUT2D eigenvalue weighted by Gasteiger charge is -2.07. The van der Waals surface area contributed by atoms with Gasteiger partial charge in [0.2, 0.25) is 0 Å². The summed E-state index contributed by atoms with van der Waals surface area (Å²) in [5, 5.41) is 1.22. The van der Waals surface area contributed by atoms with Gasteiger partial charge in [-0.1, -0.05) is 13.8 Å². The van der Waals surface area contributed by atoms with Gasteiger partial charge in [-0.05, 0) is 29.8 Å². The minimum Gasteiger partial charge on any atom is -0.260 e. The van der Waals surface area contributed by atoms with Gasteiger partial charge in [0.1, 0.15) is 0 Å². The Morgan fingerprint density at radius 2 is 2.09 bits per heavy atom. The third-order valence-corrected chi connectivity index (χ3v) is 2.10. The fourth-order valence-corrected chi connectivity index (χ4v) is 1.76. The maximum atomic E-state index is 4.36. The summed E-state index contributed by atoms with van der Waals surface area (Å²) < 4.78 is 0. The lowest BCUT2D eigenvalue weighted by atomic mass is 10.1. The molecule has 1 atom stereocenters. The van der Waals surface area contributed by atoms with E-state index in [0.717, 1.165) is 0 Å². The summed E-state index contributed by atoms with van der Waals surface area (Å²) in [4.78, 5) is 4.36. The molecule has 0 saturated heterocycles. The van der Waals surface area contributed by atoms with Crippen LogP contribution in [0.4, 0.5) is 0 Å². The van der Waals surface area contributed by atoms with Crippen LogP contribution in [0.25, 0.3) is 0 Å². The standard InChI is InChI=1S/C9H14NP/c1-6(2)9-8(11)4-7(3)5-10-9/h4-6H,11H2,1-3H3. The van der Waals surface area contributed by atoms with Gasteiger partial charge >= 0.3 is 0 Å². The van der Waals surface area contributed by atoms with Crippen LogP contribution < -0.4 is 5.30 Å². The number of aromatic nitrogens is 1. The molecule has 1 aromatic heterocycles. The largest absolute Gasteiger partial charge is 0.260 e. The molecule has 1 heterocycles. The zero-order valence-corrected chi connectivity index (χ0v) is 8.41. The molecule has 0 aliphatic rings. The highest BCUT2D eigenvalue weighted by Gasteiger charge is 2.03. The Bertz CT molecular complexity index is 256. The molecule has 1 nitrogen and oxygen atoms in total. The highest BCUT2D eigenvalue weighted by atomic mass is 31.0. The van der Waals surface area contributed by atoms with Crippen molar-refractivity contribution in [3.8, 4) is 0 Å². The third kappa shape index (κ3) is 2.00. The van der Waals surface area contributed by atoms with Gasteiger partial charge in [0.15, 0.2) is 0 Å². The van der Waals surface area contributed by atoms with Gasteiger partial charge in [-0.25, -0.2) is 0 Å². The molecule has 0 amide bonds. The summed E-state index contributed by atoms with van der Waals surface area (Å²) in [7, 11) is 2.73. The predicted molar refractivity (Wildman–Crippen MR) is 52.4 cm³/mol. The Hall–Kier alpha value is -0.420. The number of pyridine rings is 1. The Labute approximate surface area is 70.4 Å². The van der Waals surface area contributed by atoms with Gasteiger partial charge in [-0.2, -0.15) is 0 Å². The molecule has 0 aliphatic heterocycles. The fourth-order valence-electron chi connectivity index (χ4n) is 1.08. The van der Waals surface area contributed by atoms with Crippen LogP contribution in [0, 0.1) is 6.92 Å². The second kappa shape index (κ2) is 3.32. The van der Waals surface area contributed by atoms with Crippen LogP contribution in [0.1, 0.15) is 31.0 Å². The van der Waals surface area contributed by atoms with E-state index in [9.17, 15) is 0 Å². The summed E-state index contributed by atoms with van der Waals surface area (Å²) in [5.41, 5.74) is 2.40. The maximum Gasteiger partial charge on any atom is 0.0500 e. The maximum absolute atomic E-state index is 4.36. The quantitative estimate of drug-likeness (QED) is 0.583. The van der Waals surface area contributed by atoms with Crippen LogP contribution in [-0.4, -0.2) is 4.98 Å². The molecule has 0 aliphatic carbocycles. The average molecular weight is 167 g/mol. The second-order valence-electron chi connectivity index (χ2n) is 3.14. The van der Waals surface area contributed by atoms with Crippen molar-refractivity contribution >= 4 is 14.5 Å². The molecular formula is C9H14NP. The van der Waals surface area contributed by atoms with Crippen LogP contribution in [0.3, 0.4) is 0 Å². The summed E-state index contributed by atoms with van der Waals surface area (Å²) in [6.45, 7) is 6.38. The first-order valence-corrected chi connectivity index (χ1v) is 4.41. The zero-order valence-electron chi connectivity index (χ0n) is 7.26. The van der Waals surface area contributed by atoms with Crippen molar-refractivity contribution in [2.24, 2.45) is 0 Å². The lowest BCUT2D eigenvalue weighted by Crippen LogP contribution is -2.07. The van der Waals surface area contributed by atoms with E-state index in [1.165, 1.54) is 16.6 Å². The van der Waals surface area contributed by atoms with Crippen LogP contribution >= 0.6 is 9.24 Å². The third-order valence-electron chi connectivity index (χ3n) is 1.63. The molecule has 0 bridgehead atoms. The van der Waals surface area contributed by atoms with E-state index in [0.29, 0.717) is 5.92 Å². The molecule has 0 aromatic carbocycles. The number of hydrogen-bond acceptors (Lipinski definition) is 1. The van der Waals surface area contributed by atoms with Gasteiger partial charge in [-0.15, -0.1) is 9.24 Å². The number of aryl methyl sites for hydroxylation is 1. The predicted octanol–water partition coefficient (Wildman–Crippen LogP) is 2.01. The molecule has 0 radical (unpaired) electrons. The van der Waals surface area contributed by atoms with Crippen molar-refractivity contribution in [1.82, 2.24) is 4.98 Å². The molecule has 2 heteroatoms. The van der Waals surface area contributed by atoms with Crippen molar-refractivity contribution in [3.05, 3.63) is 23.5 Å². The zero-order chi connectivity index (χ0) is 8.43. The van der Waals surface area contributed by atoms with E-state index < -0.39 is 0 Å². The van der Waals surface area contributed by atoms with Crippen LogP contribution in [0.5, 0.6) is 0 Å². The monoisotopic (exact) mass is 167 g/mol. The topological polar surface area (TPSA) is 12.9 Å². The minimum absolute atomic E-state index is 0.517. The summed E-state index contributed by atoms with van der Waals surface area (Å²) >= 11 is 0. The first kappa shape index (κ1) is 8.67. The van der Waals surface area contributed by atoms with Gasteiger partial charge in [0, 0.05) is 6.20 Å². The minimum atomic E-state index is 0.517. The van der Waals surface area contributed by atoms with Crippen LogP contribution in [0.2, 0.25) is 0 Å². The number of rotatable bonds is 1. The molecule has 1 rings (SSSR count). The van der Waals surface area contributed by atoms with Gasteiger partial charge < -0.3 is 0 Å². The highest BCUT2D eigenvalue weighted by Crippen LogP contribution is 2.11. The Kier molecular flexibility index (Phi) is 2.62. The van der Waals surface area contributed by atoms with E-state index >= 15 is 0 Å². The van der Waals surface area contributed by atoms with Gasteiger partial charge in [-0.3, -0.25) is 4.98 Å². The molecule has 0 N–H and O–H groups in total. The van der Waals surface area contributed by atoms with E-state index in [1.54, 1.807) is 0 Å². The lowest BCUT2D eigenvalue weighted by molar-refractivity contribution is 0.830. The summed E-state index contributed by atoms with van der Waals surface area (Å²) in [6, 6.07) is 2.15. The molecular weight excluding hydrogens is 153 g/mol. The molecule has 0 spiro atoms. The fraction of sp³-hybridized carbons (Fsp3) is 0.444. The normalized spacial score (nSPS) is 10.6. The Balaban J connectivity index is 3.09. The molecule has 1 unspecified atom stereocenters. The van der Waals surface area contributed by atoms with Crippen molar-refractivity contribution in [2.75, 3.05) is 0 Å². The molecule has 0 saturated carbocycles. The Morgan fingerprint density at radius 1 is 1.45 bits per heavy atom. The number of hydrogen-bond donors (Lipinski definition) is 0. The Morgan fingerprint density at radius 3 is 2.55 bits per heavy atom. The average Bonchev–Trinajstić information content (AvgIpc) is 1.85. The van der Waals surface area contributed by atoms with Crippen LogP contribution in [-0.2, 0) is 0 Å². The summed E-state index contributed by atoms with van der Waals surface area (Å²) in [5.74, 6) is 0.517. The molecule has 60 valence electrons.